The summed E-state index contributed by atoms with van der Waals surface area (Å²) in [4.78, 5) is 14.3. The smallest absolute Gasteiger partial charge is 0.238 e. The van der Waals surface area contributed by atoms with Crippen LogP contribution in [0.25, 0.3) is 0 Å². The van der Waals surface area contributed by atoms with Crippen LogP contribution < -0.4 is 10.1 Å². The van der Waals surface area contributed by atoms with E-state index < -0.39 is 0 Å². The summed E-state index contributed by atoms with van der Waals surface area (Å²) in [5.41, 5.74) is 1.13. The fraction of sp³-hybridized carbons (Fsp3) is 0.533. The molecule has 108 valence electrons. The van der Waals surface area contributed by atoms with Gasteiger partial charge in [-0.05, 0) is 42.0 Å². The van der Waals surface area contributed by atoms with Gasteiger partial charge in [0.05, 0.1) is 13.7 Å². The molecule has 1 unspecified atom stereocenters. The minimum atomic E-state index is 0.0153. The number of hydrogen-bond acceptors (Lipinski definition) is 4. The zero-order valence-corrected chi connectivity index (χ0v) is 12.5. The van der Waals surface area contributed by atoms with Crippen molar-refractivity contribution in [3.05, 3.63) is 29.8 Å². The minimum absolute atomic E-state index is 0.0153. The summed E-state index contributed by atoms with van der Waals surface area (Å²) >= 11 is 1.99. The number of benzene rings is 1. The second-order valence-corrected chi connectivity index (χ2v) is 6.43. The van der Waals surface area contributed by atoms with Gasteiger partial charge in [0.15, 0.2) is 0 Å². The Labute approximate surface area is 123 Å². The van der Waals surface area contributed by atoms with Gasteiger partial charge in [-0.1, -0.05) is 12.1 Å². The average Bonchev–Trinajstić information content (AvgIpc) is 2.90. The van der Waals surface area contributed by atoms with E-state index in [9.17, 15) is 4.79 Å². The molecule has 2 saturated heterocycles. The molecule has 0 aromatic heterocycles. The molecule has 4 nitrogen and oxygen atoms in total. The summed E-state index contributed by atoms with van der Waals surface area (Å²) in [5.74, 6) is 3.38. The molecule has 1 aromatic rings. The maximum absolute atomic E-state index is 12.2. The van der Waals surface area contributed by atoms with Gasteiger partial charge >= 0.3 is 0 Å². The SMILES string of the molecule is COc1ccc(C2NCC(=O)N2C2CCSCC2)cc1. The fourth-order valence-electron chi connectivity index (χ4n) is 2.96. The Balaban J connectivity index is 1.80. The second-order valence-electron chi connectivity index (χ2n) is 5.20. The maximum Gasteiger partial charge on any atom is 0.238 e. The van der Waals surface area contributed by atoms with Crippen LogP contribution in [0.2, 0.25) is 0 Å². The lowest BCUT2D eigenvalue weighted by molar-refractivity contribution is -0.130. The molecule has 2 heterocycles. The van der Waals surface area contributed by atoms with Crippen LogP contribution in [0.1, 0.15) is 24.6 Å². The van der Waals surface area contributed by atoms with Crippen LogP contribution in [0.5, 0.6) is 5.75 Å². The van der Waals surface area contributed by atoms with Gasteiger partial charge in [-0.2, -0.15) is 11.8 Å². The minimum Gasteiger partial charge on any atom is -0.497 e. The van der Waals surface area contributed by atoms with Gasteiger partial charge in [0.1, 0.15) is 11.9 Å². The standard InChI is InChI=1S/C15H20N2O2S/c1-19-13-4-2-11(3-5-13)15-16-10-14(18)17(15)12-6-8-20-9-7-12/h2-5,12,15-16H,6-10H2,1H3. The van der Waals surface area contributed by atoms with E-state index in [-0.39, 0.29) is 12.1 Å². The van der Waals surface area contributed by atoms with Crippen LogP contribution in [0.15, 0.2) is 24.3 Å². The third-order valence-corrected chi connectivity index (χ3v) is 5.08. The van der Waals surface area contributed by atoms with E-state index in [1.165, 1.54) is 0 Å². The summed E-state index contributed by atoms with van der Waals surface area (Å²) in [6, 6.07) is 8.37. The number of hydrogen-bond donors (Lipinski definition) is 1. The van der Waals surface area contributed by atoms with Crippen LogP contribution in [0.4, 0.5) is 0 Å². The topological polar surface area (TPSA) is 41.6 Å². The summed E-state index contributed by atoms with van der Waals surface area (Å²) in [7, 11) is 1.67. The molecule has 0 bridgehead atoms. The van der Waals surface area contributed by atoms with Crippen molar-refractivity contribution < 1.29 is 9.53 Å². The van der Waals surface area contributed by atoms with Crippen LogP contribution in [-0.4, -0.2) is 42.0 Å². The van der Waals surface area contributed by atoms with Gasteiger partial charge in [-0.15, -0.1) is 0 Å². The van der Waals surface area contributed by atoms with E-state index in [4.69, 9.17) is 4.74 Å². The maximum atomic E-state index is 12.2. The highest BCUT2D eigenvalue weighted by Gasteiger charge is 2.37. The number of carbonyl (C=O) groups is 1. The number of amides is 1. The average molecular weight is 292 g/mol. The molecule has 0 saturated carbocycles. The number of nitrogens with one attached hydrogen (secondary N) is 1. The Morgan fingerprint density at radius 3 is 2.60 bits per heavy atom. The summed E-state index contributed by atoms with van der Waals surface area (Å²) < 4.78 is 5.19. The molecule has 3 rings (SSSR count). The third-order valence-electron chi connectivity index (χ3n) is 4.03. The molecule has 1 atom stereocenters. The van der Waals surface area contributed by atoms with Gasteiger partial charge in [-0.25, -0.2) is 0 Å². The van der Waals surface area contributed by atoms with Crippen LogP contribution in [0, 0.1) is 0 Å². The first kappa shape index (κ1) is 13.8. The number of methoxy groups -OCH3 is 1. The summed E-state index contributed by atoms with van der Waals surface area (Å²) in [5, 5.41) is 3.34. The highest BCUT2D eigenvalue weighted by Crippen LogP contribution is 2.31. The largest absolute Gasteiger partial charge is 0.497 e. The highest BCUT2D eigenvalue weighted by atomic mass is 32.2. The quantitative estimate of drug-likeness (QED) is 0.925. The molecule has 1 amide bonds. The van der Waals surface area contributed by atoms with Gasteiger partial charge in [-0.3, -0.25) is 10.1 Å². The number of nitrogens with zero attached hydrogens (tertiary/aromatic N) is 1. The van der Waals surface area contributed by atoms with Crippen LogP contribution in [-0.2, 0) is 4.79 Å². The second kappa shape index (κ2) is 6.06. The molecular formula is C15H20N2O2S. The van der Waals surface area contributed by atoms with Crippen molar-refractivity contribution in [2.75, 3.05) is 25.2 Å². The van der Waals surface area contributed by atoms with E-state index >= 15 is 0 Å². The Kier molecular flexibility index (Phi) is 4.17. The Morgan fingerprint density at radius 2 is 1.95 bits per heavy atom. The third kappa shape index (κ3) is 2.65. The van der Waals surface area contributed by atoms with Gasteiger partial charge < -0.3 is 9.64 Å². The molecule has 5 heteroatoms. The lowest BCUT2D eigenvalue weighted by atomic mass is 10.1. The molecule has 0 spiro atoms. The number of thioether (sulfide) groups is 1. The molecule has 1 aromatic carbocycles. The van der Waals surface area contributed by atoms with E-state index in [1.54, 1.807) is 7.11 Å². The van der Waals surface area contributed by atoms with Crippen molar-refractivity contribution in [1.29, 1.82) is 0 Å². The summed E-state index contributed by atoms with van der Waals surface area (Å²) in [6.45, 7) is 0.445. The lowest BCUT2D eigenvalue weighted by Gasteiger charge is -2.35. The molecule has 0 aliphatic carbocycles. The normalized spacial score (nSPS) is 24.1. The first-order chi connectivity index (χ1) is 9.79. The highest BCUT2D eigenvalue weighted by molar-refractivity contribution is 7.99. The van der Waals surface area contributed by atoms with Crippen molar-refractivity contribution in [3.8, 4) is 5.75 Å². The predicted octanol–water partition coefficient (Wildman–Crippen LogP) is 2.02. The molecule has 0 radical (unpaired) electrons. The fourth-order valence-corrected chi connectivity index (χ4v) is 4.04. The lowest BCUT2D eigenvalue weighted by Crippen LogP contribution is -2.41. The van der Waals surface area contributed by atoms with Crippen molar-refractivity contribution >= 4 is 17.7 Å². The first-order valence-electron chi connectivity index (χ1n) is 7.06. The van der Waals surface area contributed by atoms with E-state index in [0.29, 0.717) is 12.6 Å². The van der Waals surface area contributed by atoms with Crippen molar-refractivity contribution in [1.82, 2.24) is 10.2 Å². The molecule has 2 fully saturated rings. The Bertz CT molecular complexity index is 471. The van der Waals surface area contributed by atoms with Gasteiger partial charge in [0.25, 0.3) is 0 Å². The predicted molar refractivity (Wildman–Crippen MR) is 80.9 cm³/mol. The number of rotatable bonds is 3. The van der Waals surface area contributed by atoms with E-state index in [1.807, 2.05) is 36.0 Å². The molecule has 20 heavy (non-hydrogen) atoms. The van der Waals surface area contributed by atoms with Gasteiger partial charge in [0.2, 0.25) is 5.91 Å². The molecule has 1 N–H and O–H groups in total. The first-order valence-corrected chi connectivity index (χ1v) is 8.21. The molecule has 2 aliphatic heterocycles. The zero-order valence-electron chi connectivity index (χ0n) is 11.7. The monoisotopic (exact) mass is 292 g/mol. The summed E-state index contributed by atoms with van der Waals surface area (Å²) in [6.07, 6.45) is 2.22. The van der Waals surface area contributed by atoms with Crippen LogP contribution in [0.3, 0.4) is 0 Å². The molecule has 2 aliphatic rings. The van der Waals surface area contributed by atoms with E-state index in [2.05, 4.69) is 10.2 Å². The van der Waals surface area contributed by atoms with Crippen molar-refractivity contribution in [3.63, 3.8) is 0 Å². The van der Waals surface area contributed by atoms with Crippen molar-refractivity contribution in [2.24, 2.45) is 0 Å². The Morgan fingerprint density at radius 1 is 1.25 bits per heavy atom. The Hall–Kier alpha value is -1.20. The van der Waals surface area contributed by atoms with Crippen LogP contribution >= 0.6 is 11.8 Å². The van der Waals surface area contributed by atoms with Gasteiger partial charge in [0, 0.05) is 6.04 Å². The number of ether oxygens (including phenoxy) is 1. The molecular weight excluding hydrogens is 272 g/mol. The number of carbonyl (C=O) groups excluding carboxylic acids is 1. The van der Waals surface area contributed by atoms with Crippen molar-refractivity contribution in [2.45, 2.75) is 25.0 Å². The van der Waals surface area contributed by atoms with E-state index in [0.717, 1.165) is 35.7 Å². The zero-order chi connectivity index (χ0) is 13.9.